The number of hydrogen-bond donors (Lipinski definition) is 3. The molecule has 0 spiro atoms. The normalized spacial score (nSPS) is 19.5. The first kappa shape index (κ1) is 13.0. The Kier molecular flexibility index (Phi) is 2.78. The number of benzene rings is 1. The summed E-state index contributed by atoms with van der Waals surface area (Å²) in [6.45, 7) is -0.0309. The maximum absolute atomic E-state index is 11.7. The van der Waals surface area contributed by atoms with Gasteiger partial charge in [-0.05, 0) is 0 Å². The largest absolute Gasteiger partial charge is 0.334 e. The van der Waals surface area contributed by atoms with E-state index in [-0.39, 0.29) is 24.3 Å². The van der Waals surface area contributed by atoms with Crippen LogP contribution in [0, 0.1) is 15.0 Å². The van der Waals surface area contributed by atoms with Gasteiger partial charge in [-0.3, -0.25) is 14.9 Å². The lowest BCUT2D eigenvalue weighted by molar-refractivity contribution is -0.385. The minimum atomic E-state index is -1.31. The van der Waals surface area contributed by atoms with Gasteiger partial charge in [0.1, 0.15) is 0 Å². The fraction of sp³-hybridized carbons (Fsp3) is 0.273. The second kappa shape index (κ2) is 4.51. The van der Waals surface area contributed by atoms with Crippen LogP contribution in [0.15, 0.2) is 11.2 Å². The second-order valence-corrected chi connectivity index (χ2v) is 4.61. The smallest absolute Gasteiger partial charge is 0.315 e. The van der Waals surface area contributed by atoms with Gasteiger partial charge in [0, 0.05) is 23.7 Å². The molecule has 0 saturated heterocycles. The van der Waals surface area contributed by atoms with Crippen LogP contribution in [0.25, 0.3) is 0 Å². The van der Waals surface area contributed by atoms with Crippen LogP contribution in [-0.4, -0.2) is 16.9 Å². The molecule has 21 heavy (non-hydrogen) atoms. The minimum absolute atomic E-state index is 0.0109. The van der Waals surface area contributed by atoms with Crippen LogP contribution in [0.4, 0.5) is 16.2 Å². The quantitative estimate of drug-likeness (QED) is 0.417. The fourth-order valence-electron chi connectivity index (χ4n) is 2.54. The summed E-state index contributed by atoms with van der Waals surface area (Å²) in [7, 11) is 0. The molecule has 2 aliphatic rings. The van der Waals surface area contributed by atoms with E-state index in [4.69, 9.17) is 0 Å². The number of amides is 3. The van der Waals surface area contributed by atoms with Crippen molar-refractivity contribution in [2.24, 2.45) is 5.18 Å². The molecule has 2 heterocycles. The summed E-state index contributed by atoms with van der Waals surface area (Å²) in [4.78, 5) is 44.4. The first-order chi connectivity index (χ1) is 10.0. The molecule has 0 saturated carbocycles. The highest BCUT2D eigenvalue weighted by Crippen LogP contribution is 2.41. The summed E-state index contributed by atoms with van der Waals surface area (Å²) in [5.74, 6) is -0.633. The molecule has 2 aliphatic heterocycles. The van der Waals surface area contributed by atoms with Gasteiger partial charge < -0.3 is 16.0 Å². The van der Waals surface area contributed by atoms with Crippen molar-refractivity contribution in [3.8, 4) is 0 Å². The fourth-order valence-corrected chi connectivity index (χ4v) is 2.54. The molecule has 0 fully saturated rings. The zero-order chi connectivity index (χ0) is 15.1. The molecule has 3 N–H and O–H groups in total. The number of urea groups is 1. The number of nitroso groups, excluding NO2 is 1. The Labute approximate surface area is 117 Å². The number of rotatable bonds is 2. The Morgan fingerprint density at radius 2 is 1.90 bits per heavy atom. The van der Waals surface area contributed by atoms with E-state index in [2.05, 4.69) is 21.1 Å². The van der Waals surface area contributed by atoms with Crippen LogP contribution in [0.3, 0.4) is 0 Å². The molecule has 10 nitrogen and oxygen atoms in total. The minimum Gasteiger partial charge on any atom is -0.334 e. The number of nitrogens with zero attached hydrogens (tertiary/aromatic N) is 2. The van der Waals surface area contributed by atoms with Gasteiger partial charge in [0.05, 0.1) is 22.7 Å². The maximum atomic E-state index is 11.7. The van der Waals surface area contributed by atoms with Crippen molar-refractivity contribution in [1.82, 2.24) is 10.6 Å². The number of fused-ring (bicyclic) bond motifs is 3. The molecule has 0 aromatic heterocycles. The first-order valence-electron chi connectivity index (χ1n) is 6.01. The van der Waals surface area contributed by atoms with E-state index < -0.39 is 22.9 Å². The SMILES string of the molecule is O=NC1C(=O)Nc2c1cc([N+](=O)[O-])c1c2CNC(=O)NC1. The van der Waals surface area contributed by atoms with Crippen molar-refractivity contribution < 1.29 is 14.5 Å². The van der Waals surface area contributed by atoms with E-state index in [0.29, 0.717) is 16.8 Å². The van der Waals surface area contributed by atoms with Crippen molar-refractivity contribution in [3.63, 3.8) is 0 Å². The van der Waals surface area contributed by atoms with Crippen molar-refractivity contribution in [1.29, 1.82) is 0 Å². The lowest BCUT2D eigenvalue weighted by Crippen LogP contribution is -2.31. The van der Waals surface area contributed by atoms with Crippen LogP contribution >= 0.6 is 0 Å². The summed E-state index contributed by atoms with van der Waals surface area (Å²) in [5, 5.41) is 21.4. The van der Waals surface area contributed by atoms with Crippen molar-refractivity contribution in [3.05, 3.63) is 37.8 Å². The number of carbonyl (C=O) groups excluding carboxylic acids is 2. The molecule has 1 aromatic carbocycles. The number of carbonyl (C=O) groups is 2. The van der Waals surface area contributed by atoms with Crippen LogP contribution in [0.2, 0.25) is 0 Å². The van der Waals surface area contributed by atoms with E-state index in [1.165, 1.54) is 0 Å². The lowest BCUT2D eigenvalue weighted by Gasteiger charge is -2.11. The molecule has 1 atom stereocenters. The van der Waals surface area contributed by atoms with E-state index >= 15 is 0 Å². The summed E-state index contributed by atoms with van der Waals surface area (Å²) in [5.41, 5.74) is 0.935. The molecular formula is C11H9N5O5. The van der Waals surface area contributed by atoms with E-state index in [0.717, 1.165) is 6.07 Å². The number of hydrogen-bond acceptors (Lipinski definition) is 6. The molecular weight excluding hydrogens is 282 g/mol. The van der Waals surface area contributed by atoms with Gasteiger partial charge in [-0.1, -0.05) is 5.18 Å². The van der Waals surface area contributed by atoms with Crippen LogP contribution < -0.4 is 16.0 Å². The number of nitrogens with one attached hydrogen (secondary N) is 3. The molecule has 108 valence electrons. The molecule has 0 aliphatic carbocycles. The summed E-state index contributed by atoms with van der Waals surface area (Å²) in [6, 6.07) is -0.616. The highest BCUT2D eigenvalue weighted by Gasteiger charge is 2.38. The summed E-state index contributed by atoms with van der Waals surface area (Å²) >= 11 is 0. The number of nitro groups is 1. The van der Waals surface area contributed by atoms with Gasteiger partial charge >= 0.3 is 6.03 Å². The van der Waals surface area contributed by atoms with Crippen molar-refractivity contribution >= 4 is 23.3 Å². The van der Waals surface area contributed by atoms with Gasteiger partial charge in [-0.2, -0.15) is 0 Å². The van der Waals surface area contributed by atoms with Crippen molar-refractivity contribution in [2.45, 2.75) is 19.1 Å². The zero-order valence-corrected chi connectivity index (χ0v) is 10.5. The predicted octanol–water partition coefficient (Wildman–Crippen LogP) is 0.667. The van der Waals surface area contributed by atoms with Crippen molar-refractivity contribution in [2.75, 3.05) is 5.32 Å². The van der Waals surface area contributed by atoms with E-state index in [1.54, 1.807) is 0 Å². The topological polar surface area (TPSA) is 143 Å². The third kappa shape index (κ3) is 1.88. The van der Waals surface area contributed by atoms with Crippen LogP contribution in [0.1, 0.15) is 22.7 Å². The molecule has 1 unspecified atom stereocenters. The highest BCUT2D eigenvalue weighted by atomic mass is 16.6. The third-order valence-electron chi connectivity index (χ3n) is 3.50. The maximum Gasteiger partial charge on any atom is 0.315 e. The van der Waals surface area contributed by atoms with Gasteiger partial charge in [0.15, 0.2) is 6.04 Å². The molecule has 3 rings (SSSR count). The van der Waals surface area contributed by atoms with E-state index in [1.807, 2.05) is 0 Å². The highest BCUT2D eigenvalue weighted by molar-refractivity contribution is 6.04. The molecule has 0 radical (unpaired) electrons. The standard InChI is InChI=1S/C11H9N5O5/c17-10-9(15-19)4-1-7(16(20)21)5-2-12-11(18)13-3-6(5)8(4)14-10/h1,9H,2-3H2,(H,14,17)(H2,12,13,18). The van der Waals surface area contributed by atoms with E-state index in [9.17, 15) is 24.6 Å². The Bertz CT molecular complexity index is 701. The Morgan fingerprint density at radius 3 is 2.52 bits per heavy atom. The van der Waals surface area contributed by atoms with Crippen LogP contribution in [0.5, 0.6) is 0 Å². The number of nitro benzene ring substituents is 1. The molecule has 3 amide bonds. The Hall–Kier alpha value is -3.04. The first-order valence-corrected chi connectivity index (χ1v) is 6.01. The second-order valence-electron chi connectivity index (χ2n) is 4.61. The van der Waals surface area contributed by atoms with Gasteiger partial charge in [0.25, 0.3) is 11.6 Å². The summed E-state index contributed by atoms with van der Waals surface area (Å²) in [6.07, 6.45) is 0. The Morgan fingerprint density at radius 1 is 1.24 bits per heavy atom. The van der Waals surface area contributed by atoms with Crippen LogP contribution in [-0.2, 0) is 17.9 Å². The lowest BCUT2D eigenvalue weighted by atomic mass is 9.97. The van der Waals surface area contributed by atoms with Gasteiger partial charge in [-0.15, -0.1) is 4.91 Å². The Balaban J connectivity index is 2.25. The molecule has 0 bridgehead atoms. The molecule has 1 aromatic rings. The average molecular weight is 291 g/mol. The average Bonchev–Trinajstić information content (AvgIpc) is 2.63. The number of anilines is 1. The van der Waals surface area contributed by atoms with Gasteiger partial charge in [0.2, 0.25) is 0 Å². The molecule has 10 heteroatoms. The zero-order valence-electron chi connectivity index (χ0n) is 10.5. The third-order valence-corrected chi connectivity index (χ3v) is 3.50. The predicted molar refractivity (Wildman–Crippen MR) is 69.3 cm³/mol. The monoisotopic (exact) mass is 291 g/mol. The summed E-state index contributed by atoms with van der Waals surface area (Å²) < 4.78 is 0. The van der Waals surface area contributed by atoms with Gasteiger partial charge in [-0.25, -0.2) is 4.79 Å².